The van der Waals surface area contributed by atoms with E-state index in [1.807, 2.05) is 36.4 Å². The lowest BCUT2D eigenvalue weighted by Crippen LogP contribution is -2.40. The average Bonchev–Trinajstić information content (AvgIpc) is 3.23. The molecule has 0 aliphatic rings. The Morgan fingerprint density at radius 3 is 2.30 bits per heavy atom. The number of methoxy groups -OCH3 is 2. The standard InChI is InChI=1S/C25H28N4O4/c1-17(2)13-14-28-24(30)22-23(29(25(28)31)19-10-6-8-12-21(19)33-4)26-16-27(22)15-18-9-5-7-11-20(18)32-3/h5-12,16-17H,13-15H2,1-4H3. The summed E-state index contributed by atoms with van der Waals surface area (Å²) >= 11 is 0. The van der Waals surface area contributed by atoms with Crippen LogP contribution >= 0.6 is 0 Å². The van der Waals surface area contributed by atoms with Crippen LogP contribution in [0.4, 0.5) is 0 Å². The smallest absolute Gasteiger partial charge is 0.337 e. The molecule has 4 rings (SSSR count). The molecule has 0 radical (unpaired) electrons. The molecule has 8 nitrogen and oxygen atoms in total. The van der Waals surface area contributed by atoms with E-state index in [0.717, 1.165) is 11.3 Å². The first-order valence-corrected chi connectivity index (χ1v) is 10.9. The minimum Gasteiger partial charge on any atom is -0.496 e. The topological polar surface area (TPSA) is 80.3 Å². The largest absolute Gasteiger partial charge is 0.496 e. The van der Waals surface area contributed by atoms with Crippen molar-refractivity contribution < 1.29 is 9.47 Å². The Balaban J connectivity index is 1.99. The Morgan fingerprint density at radius 1 is 0.939 bits per heavy atom. The van der Waals surface area contributed by atoms with Gasteiger partial charge in [0, 0.05) is 12.1 Å². The fourth-order valence-corrected chi connectivity index (χ4v) is 3.93. The van der Waals surface area contributed by atoms with E-state index in [2.05, 4.69) is 18.8 Å². The maximum Gasteiger partial charge on any atom is 0.337 e. The molecule has 0 aliphatic carbocycles. The Kier molecular flexibility index (Phi) is 6.35. The summed E-state index contributed by atoms with van der Waals surface area (Å²) in [6.07, 6.45) is 2.30. The van der Waals surface area contributed by atoms with Gasteiger partial charge in [-0.2, -0.15) is 0 Å². The number of aromatic nitrogens is 4. The zero-order valence-corrected chi connectivity index (χ0v) is 19.3. The van der Waals surface area contributed by atoms with Crippen molar-refractivity contribution in [2.24, 2.45) is 5.92 Å². The monoisotopic (exact) mass is 448 g/mol. The normalized spacial score (nSPS) is 11.3. The second kappa shape index (κ2) is 9.36. The summed E-state index contributed by atoms with van der Waals surface area (Å²) in [5.41, 5.74) is 1.31. The second-order valence-corrected chi connectivity index (χ2v) is 8.29. The van der Waals surface area contributed by atoms with Crippen molar-refractivity contribution in [3.05, 3.63) is 81.3 Å². The van der Waals surface area contributed by atoms with E-state index in [4.69, 9.17) is 9.47 Å². The Hall–Kier alpha value is -3.81. The summed E-state index contributed by atoms with van der Waals surface area (Å²) in [5.74, 6) is 1.58. The van der Waals surface area contributed by atoms with Gasteiger partial charge >= 0.3 is 5.69 Å². The Morgan fingerprint density at radius 2 is 1.61 bits per heavy atom. The number of para-hydroxylation sites is 3. The quantitative estimate of drug-likeness (QED) is 0.412. The molecule has 4 aromatic rings. The maximum absolute atomic E-state index is 13.6. The van der Waals surface area contributed by atoms with Crippen LogP contribution in [0.3, 0.4) is 0 Å². The second-order valence-electron chi connectivity index (χ2n) is 8.29. The van der Waals surface area contributed by atoms with Gasteiger partial charge in [-0.05, 0) is 30.5 Å². The number of fused-ring (bicyclic) bond motifs is 1. The van der Waals surface area contributed by atoms with Gasteiger partial charge in [0.15, 0.2) is 11.2 Å². The predicted octanol–water partition coefficient (Wildman–Crippen LogP) is 3.46. The van der Waals surface area contributed by atoms with Gasteiger partial charge in [0.2, 0.25) is 0 Å². The van der Waals surface area contributed by atoms with Crippen molar-refractivity contribution in [3.63, 3.8) is 0 Å². The first kappa shape index (κ1) is 22.4. The zero-order chi connectivity index (χ0) is 23.5. The number of ether oxygens (including phenoxy) is 2. The van der Waals surface area contributed by atoms with Crippen LogP contribution in [-0.2, 0) is 13.1 Å². The molecule has 2 heterocycles. The van der Waals surface area contributed by atoms with Gasteiger partial charge in [0.1, 0.15) is 11.5 Å². The van der Waals surface area contributed by atoms with Gasteiger partial charge in [-0.3, -0.25) is 9.36 Å². The lowest BCUT2D eigenvalue weighted by Gasteiger charge is -2.15. The molecule has 0 aliphatic heterocycles. The first-order valence-electron chi connectivity index (χ1n) is 10.9. The number of hydrogen-bond acceptors (Lipinski definition) is 5. The first-order chi connectivity index (χ1) is 16.0. The highest BCUT2D eigenvalue weighted by molar-refractivity contribution is 5.73. The van der Waals surface area contributed by atoms with Crippen molar-refractivity contribution in [1.82, 2.24) is 18.7 Å². The molecule has 172 valence electrons. The zero-order valence-electron chi connectivity index (χ0n) is 19.3. The van der Waals surface area contributed by atoms with E-state index < -0.39 is 5.69 Å². The van der Waals surface area contributed by atoms with E-state index in [0.29, 0.717) is 48.0 Å². The molecule has 0 unspecified atom stereocenters. The molecule has 0 saturated heterocycles. The SMILES string of the molecule is COc1ccccc1Cn1cnc2c1c(=O)n(CCC(C)C)c(=O)n2-c1ccccc1OC. The van der Waals surface area contributed by atoms with Crippen molar-refractivity contribution in [2.45, 2.75) is 33.4 Å². The van der Waals surface area contributed by atoms with E-state index in [-0.39, 0.29) is 5.56 Å². The van der Waals surface area contributed by atoms with Crippen molar-refractivity contribution in [1.29, 1.82) is 0 Å². The molecule has 0 bridgehead atoms. The van der Waals surface area contributed by atoms with Crippen LogP contribution in [0.5, 0.6) is 11.5 Å². The fraction of sp³-hybridized carbons (Fsp3) is 0.320. The minimum atomic E-state index is -0.430. The van der Waals surface area contributed by atoms with Gasteiger partial charge in [-0.1, -0.05) is 44.2 Å². The molecular weight excluding hydrogens is 420 g/mol. The molecule has 33 heavy (non-hydrogen) atoms. The maximum atomic E-state index is 13.6. The lowest BCUT2D eigenvalue weighted by atomic mass is 10.1. The van der Waals surface area contributed by atoms with Crippen LogP contribution in [-0.4, -0.2) is 32.9 Å². The van der Waals surface area contributed by atoms with Crippen LogP contribution in [0.25, 0.3) is 16.9 Å². The van der Waals surface area contributed by atoms with E-state index in [9.17, 15) is 9.59 Å². The number of benzene rings is 2. The number of rotatable bonds is 8. The molecule has 0 saturated carbocycles. The van der Waals surface area contributed by atoms with Gasteiger partial charge in [-0.25, -0.2) is 14.3 Å². The van der Waals surface area contributed by atoms with Gasteiger partial charge < -0.3 is 14.0 Å². The van der Waals surface area contributed by atoms with Crippen LogP contribution in [0.1, 0.15) is 25.8 Å². The van der Waals surface area contributed by atoms with E-state index in [1.54, 1.807) is 37.2 Å². The molecule has 2 aromatic heterocycles. The van der Waals surface area contributed by atoms with Crippen LogP contribution < -0.4 is 20.7 Å². The summed E-state index contributed by atoms with van der Waals surface area (Å²) in [6, 6.07) is 14.9. The predicted molar refractivity (Wildman–Crippen MR) is 128 cm³/mol. The van der Waals surface area contributed by atoms with Crippen molar-refractivity contribution in [3.8, 4) is 17.2 Å². The lowest BCUT2D eigenvalue weighted by molar-refractivity contribution is 0.408. The molecule has 0 N–H and O–H groups in total. The summed E-state index contributed by atoms with van der Waals surface area (Å²) in [5, 5.41) is 0. The molecule has 0 amide bonds. The third-order valence-corrected chi connectivity index (χ3v) is 5.69. The summed E-state index contributed by atoms with van der Waals surface area (Å²) in [6.45, 7) is 4.83. The third kappa shape index (κ3) is 4.16. The molecular formula is C25H28N4O4. The summed E-state index contributed by atoms with van der Waals surface area (Å²) in [4.78, 5) is 31.6. The number of nitrogens with zero attached hydrogens (tertiary/aromatic N) is 4. The Labute approximate surface area is 191 Å². The molecule has 8 heteroatoms. The molecule has 0 fully saturated rings. The van der Waals surface area contributed by atoms with Crippen molar-refractivity contribution >= 4 is 11.2 Å². The van der Waals surface area contributed by atoms with Crippen LogP contribution in [0, 0.1) is 5.92 Å². The van der Waals surface area contributed by atoms with Crippen LogP contribution in [0.15, 0.2) is 64.4 Å². The van der Waals surface area contributed by atoms with E-state index >= 15 is 0 Å². The molecule has 0 atom stereocenters. The van der Waals surface area contributed by atoms with Gasteiger partial charge in [-0.15, -0.1) is 0 Å². The highest BCUT2D eigenvalue weighted by Crippen LogP contribution is 2.24. The fourth-order valence-electron chi connectivity index (χ4n) is 3.93. The molecule has 2 aromatic carbocycles. The highest BCUT2D eigenvalue weighted by atomic mass is 16.5. The Bertz CT molecular complexity index is 1400. The van der Waals surface area contributed by atoms with Crippen molar-refractivity contribution in [2.75, 3.05) is 14.2 Å². The molecule has 0 spiro atoms. The number of hydrogen-bond donors (Lipinski definition) is 0. The summed E-state index contributed by atoms with van der Waals surface area (Å²) < 4.78 is 15.5. The van der Waals surface area contributed by atoms with Crippen LogP contribution in [0.2, 0.25) is 0 Å². The van der Waals surface area contributed by atoms with E-state index in [1.165, 1.54) is 9.13 Å². The third-order valence-electron chi connectivity index (χ3n) is 5.69. The minimum absolute atomic E-state index is 0.296. The average molecular weight is 449 g/mol. The summed E-state index contributed by atoms with van der Waals surface area (Å²) in [7, 11) is 3.17. The van der Waals surface area contributed by atoms with Gasteiger partial charge in [0.05, 0.1) is 32.8 Å². The number of imidazole rings is 1. The van der Waals surface area contributed by atoms with Gasteiger partial charge in [0.25, 0.3) is 5.56 Å². The highest BCUT2D eigenvalue weighted by Gasteiger charge is 2.21.